The van der Waals surface area contributed by atoms with Crippen LogP contribution in [0.25, 0.3) is 0 Å². The van der Waals surface area contributed by atoms with Gasteiger partial charge in [-0.2, -0.15) is 0 Å². The summed E-state index contributed by atoms with van der Waals surface area (Å²) in [5.74, 6) is 0. The Kier molecular flexibility index (Phi) is 22.9. The molecule has 1 aromatic heterocycles. The van der Waals surface area contributed by atoms with Gasteiger partial charge in [0.05, 0.1) is 0 Å². The highest BCUT2D eigenvalue weighted by Gasteiger charge is 2.15. The van der Waals surface area contributed by atoms with Gasteiger partial charge in [0.2, 0.25) is 0 Å². The maximum atomic E-state index is 13.3. The first-order chi connectivity index (χ1) is 23.3. The van der Waals surface area contributed by atoms with Gasteiger partial charge >= 0.3 is 35.3 Å². The van der Waals surface area contributed by atoms with Crippen molar-refractivity contribution in [2.24, 2.45) is 0 Å². The first-order valence-electron chi connectivity index (χ1n) is 16.8. The normalized spacial score (nSPS) is 10.5. The number of rotatable bonds is 27. The van der Waals surface area contributed by atoms with Crippen LogP contribution in [-0.4, -0.2) is 71.4 Å². The minimum Gasteiger partial charge on any atom is -0.445 e. The number of aromatic nitrogens is 3. The van der Waals surface area contributed by atoms with Crippen LogP contribution in [0.15, 0.2) is 52.3 Å². The number of nitrogens with one attached hydrogen (secondary N) is 3. The van der Waals surface area contributed by atoms with Gasteiger partial charge in [-0.15, -0.1) is 0 Å². The van der Waals surface area contributed by atoms with Gasteiger partial charge in [-0.25, -0.2) is 42.5 Å². The van der Waals surface area contributed by atoms with Gasteiger partial charge in [0.25, 0.3) is 0 Å². The molecular formula is C33H54N6O9. The van der Waals surface area contributed by atoms with Crippen LogP contribution < -0.4 is 33.0 Å². The monoisotopic (exact) mass is 678 g/mol. The lowest BCUT2D eigenvalue weighted by atomic mass is 10.2. The van der Waals surface area contributed by atoms with Crippen molar-refractivity contribution < 1.29 is 28.6 Å². The highest BCUT2D eigenvalue weighted by molar-refractivity contribution is 5.67. The van der Waals surface area contributed by atoms with Gasteiger partial charge in [-0.3, -0.25) is 0 Å². The number of amides is 3. The summed E-state index contributed by atoms with van der Waals surface area (Å²) in [6.45, 7) is 12.7. The predicted octanol–water partition coefficient (Wildman–Crippen LogP) is 3.59. The maximum absolute atomic E-state index is 13.3. The van der Waals surface area contributed by atoms with E-state index in [1.54, 1.807) is 0 Å². The molecule has 0 saturated heterocycles. The molecule has 1 rings (SSSR count). The van der Waals surface area contributed by atoms with Crippen LogP contribution in [0.2, 0.25) is 0 Å². The molecule has 3 amide bonds. The second-order valence-corrected chi connectivity index (χ2v) is 11.0. The number of hydrogen-bond acceptors (Lipinski definition) is 9. The Balaban J connectivity index is 2.74. The second kappa shape index (κ2) is 26.5. The summed E-state index contributed by atoms with van der Waals surface area (Å²) >= 11 is 0. The number of carbonyl (C=O) groups excluding carboxylic acids is 3. The molecule has 0 atom stereocenters. The molecule has 3 N–H and O–H groups in total. The smallest absolute Gasteiger partial charge is 0.407 e. The maximum Gasteiger partial charge on any atom is 0.407 e. The van der Waals surface area contributed by atoms with E-state index in [1.807, 2.05) is 0 Å². The molecule has 0 saturated carbocycles. The SMILES string of the molecule is C=CCOC(=O)NCCCCCCn1c(=O)n(CCCCCCNC(=O)OCC=C)c(=O)n(CCCCCCNC(=O)OCC=C)c1=O. The quantitative estimate of drug-likeness (QED) is 0.0712. The van der Waals surface area contributed by atoms with E-state index in [1.165, 1.54) is 18.2 Å². The molecule has 48 heavy (non-hydrogen) atoms. The Morgan fingerprint density at radius 2 is 0.708 bits per heavy atom. The van der Waals surface area contributed by atoms with Crippen molar-refractivity contribution in [3.05, 3.63) is 69.4 Å². The molecule has 0 aliphatic carbocycles. The molecule has 15 nitrogen and oxygen atoms in total. The Morgan fingerprint density at radius 1 is 0.458 bits per heavy atom. The van der Waals surface area contributed by atoms with E-state index in [0.717, 1.165) is 52.2 Å². The molecule has 0 radical (unpaired) electrons. The van der Waals surface area contributed by atoms with Crippen molar-refractivity contribution in [1.82, 2.24) is 29.7 Å². The van der Waals surface area contributed by atoms with Gasteiger partial charge in [0, 0.05) is 39.3 Å². The van der Waals surface area contributed by atoms with Crippen LogP contribution in [0.1, 0.15) is 77.0 Å². The Labute approximate surface area is 282 Å². The van der Waals surface area contributed by atoms with Crippen molar-refractivity contribution in [3.8, 4) is 0 Å². The molecule has 0 unspecified atom stereocenters. The van der Waals surface area contributed by atoms with Crippen LogP contribution in [0.3, 0.4) is 0 Å². The topological polar surface area (TPSA) is 181 Å². The third kappa shape index (κ3) is 18.0. The second-order valence-electron chi connectivity index (χ2n) is 11.0. The number of unbranched alkanes of at least 4 members (excludes halogenated alkanes) is 9. The van der Waals surface area contributed by atoms with Gasteiger partial charge in [0.1, 0.15) is 19.8 Å². The van der Waals surface area contributed by atoms with Gasteiger partial charge in [-0.1, -0.05) is 76.5 Å². The van der Waals surface area contributed by atoms with Crippen LogP contribution in [0.4, 0.5) is 14.4 Å². The van der Waals surface area contributed by atoms with E-state index in [9.17, 15) is 28.8 Å². The summed E-state index contributed by atoms with van der Waals surface area (Å²) in [5.41, 5.74) is -1.85. The molecule has 0 aromatic carbocycles. The summed E-state index contributed by atoms with van der Waals surface area (Å²) in [4.78, 5) is 74.5. The standard InChI is InChI=1S/C33H54N6O9/c1-4-25-46-28(40)34-19-13-7-10-16-22-37-31(43)38(23-17-11-8-14-20-35-29(41)47-26-5-2)33(45)39(32(37)44)24-18-12-9-15-21-36-30(42)48-27-6-3/h4-6H,1-3,7-27H2,(H,34,40)(H,35,41)(H,36,42). The van der Waals surface area contributed by atoms with E-state index < -0.39 is 35.3 Å². The van der Waals surface area contributed by atoms with E-state index in [2.05, 4.69) is 35.7 Å². The van der Waals surface area contributed by atoms with E-state index in [-0.39, 0.29) is 39.5 Å². The van der Waals surface area contributed by atoms with Crippen molar-refractivity contribution in [3.63, 3.8) is 0 Å². The molecule has 1 heterocycles. The zero-order valence-electron chi connectivity index (χ0n) is 28.2. The van der Waals surface area contributed by atoms with Crippen molar-refractivity contribution >= 4 is 18.3 Å². The molecule has 270 valence electrons. The molecule has 0 spiro atoms. The number of hydrogen-bond donors (Lipinski definition) is 3. The fraction of sp³-hybridized carbons (Fsp3) is 0.636. The summed E-state index contributed by atoms with van der Waals surface area (Å²) in [7, 11) is 0. The molecular weight excluding hydrogens is 624 g/mol. The van der Waals surface area contributed by atoms with E-state index in [0.29, 0.717) is 58.2 Å². The average molecular weight is 679 g/mol. The third-order valence-electron chi connectivity index (χ3n) is 7.12. The predicted molar refractivity (Wildman–Crippen MR) is 183 cm³/mol. The lowest BCUT2D eigenvalue weighted by molar-refractivity contribution is 0.157. The molecule has 0 aliphatic rings. The van der Waals surface area contributed by atoms with Gasteiger partial charge in [0.15, 0.2) is 0 Å². The van der Waals surface area contributed by atoms with E-state index in [4.69, 9.17) is 14.2 Å². The number of ether oxygens (including phenoxy) is 3. The number of carbonyl (C=O) groups is 3. The summed E-state index contributed by atoms with van der Waals surface area (Å²) in [6, 6.07) is 0. The molecule has 1 aromatic rings. The van der Waals surface area contributed by atoms with Gasteiger partial charge < -0.3 is 30.2 Å². The zero-order chi connectivity index (χ0) is 35.4. The summed E-state index contributed by atoms with van der Waals surface area (Å²) < 4.78 is 18.0. The van der Waals surface area contributed by atoms with Crippen LogP contribution in [0.5, 0.6) is 0 Å². The molecule has 0 aliphatic heterocycles. The Morgan fingerprint density at radius 3 is 0.958 bits per heavy atom. The molecule has 15 heteroatoms. The Bertz CT molecular complexity index is 1130. The largest absolute Gasteiger partial charge is 0.445 e. The van der Waals surface area contributed by atoms with Crippen molar-refractivity contribution in [2.45, 2.75) is 96.7 Å². The fourth-order valence-electron chi connectivity index (χ4n) is 4.63. The lowest BCUT2D eigenvalue weighted by Gasteiger charge is -2.14. The zero-order valence-corrected chi connectivity index (χ0v) is 28.2. The first kappa shape index (κ1) is 41.5. The summed E-state index contributed by atoms with van der Waals surface area (Å²) in [5, 5.41) is 7.95. The van der Waals surface area contributed by atoms with Crippen molar-refractivity contribution in [2.75, 3.05) is 39.5 Å². The third-order valence-corrected chi connectivity index (χ3v) is 7.12. The van der Waals surface area contributed by atoms with Crippen LogP contribution in [-0.2, 0) is 33.8 Å². The highest BCUT2D eigenvalue weighted by Crippen LogP contribution is 2.03. The average Bonchev–Trinajstić information content (AvgIpc) is 3.07. The number of nitrogens with zero attached hydrogens (tertiary/aromatic N) is 3. The van der Waals surface area contributed by atoms with Gasteiger partial charge in [-0.05, 0) is 38.5 Å². The fourth-order valence-corrected chi connectivity index (χ4v) is 4.63. The highest BCUT2D eigenvalue weighted by atomic mass is 16.6. The van der Waals surface area contributed by atoms with Crippen LogP contribution in [0, 0.1) is 0 Å². The number of alkyl carbamates (subject to hydrolysis) is 3. The first-order valence-corrected chi connectivity index (χ1v) is 16.8. The lowest BCUT2D eigenvalue weighted by Crippen LogP contribution is -2.54. The Hall–Kier alpha value is -4.56. The summed E-state index contributed by atoms with van der Waals surface area (Å²) in [6.07, 6.45) is 11.2. The molecule has 0 fully saturated rings. The van der Waals surface area contributed by atoms with Crippen molar-refractivity contribution in [1.29, 1.82) is 0 Å². The molecule has 0 bridgehead atoms. The minimum absolute atomic E-state index is 0.138. The van der Waals surface area contributed by atoms with E-state index >= 15 is 0 Å². The minimum atomic E-state index is -0.617. The van der Waals surface area contributed by atoms with Crippen LogP contribution >= 0.6 is 0 Å².